The molecular formula is C58H35N7O2Pt2. The van der Waals surface area contributed by atoms with Crippen molar-refractivity contribution in [2.45, 2.75) is 13.8 Å². The number of nitrogens with zero attached hydrogens (tertiary/aromatic N) is 7. The van der Waals surface area contributed by atoms with Crippen LogP contribution in [0.25, 0.3) is 94.1 Å². The number of aromatic nitrogens is 7. The molecule has 0 aliphatic rings. The molecule has 0 aliphatic carbocycles. The zero-order valence-electron chi connectivity index (χ0n) is 36.8. The van der Waals surface area contributed by atoms with Crippen LogP contribution in [0.5, 0.6) is 23.0 Å². The Morgan fingerprint density at radius 3 is 1.17 bits per heavy atom. The molecule has 6 aromatic heterocycles. The normalized spacial score (nSPS) is 11.4. The number of rotatable bonds is 8. The molecule has 334 valence electrons. The van der Waals surface area contributed by atoms with E-state index in [0.29, 0.717) is 28.9 Å². The Bertz CT molecular complexity index is 3840. The van der Waals surface area contributed by atoms with E-state index in [0.717, 1.165) is 99.6 Å². The van der Waals surface area contributed by atoms with Gasteiger partial charge in [0, 0.05) is 52.0 Å². The fourth-order valence-electron chi connectivity index (χ4n) is 9.52. The van der Waals surface area contributed by atoms with Crippen molar-refractivity contribution in [2.75, 3.05) is 0 Å². The summed E-state index contributed by atoms with van der Waals surface area (Å²) in [5, 5.41) is 6.18. The molecule has 0 saturated carbocycles. The molecule has 0 unspecified atom stereocenters. The van der Waals surface area contributed by atoms with Crippen molar-refractivity contribution in [1.29, 1.82) is 0 Å². The van der Waals surface area contributed by atoms with E-state index in [9.17, 15) is 0 Å². The van der Waals surface area contributed by atoms with Gasteiger partial charge >= 0.3 is 42.1 Å². The number of hydrogen-bond donors (Lipinski definition) is 0. The van der Waals surface area contributed by atoms with Gasteiger partial charge in [-0.1, -0.05) is 101 Å². The summed E-state index contributed by atoms with van der Waals surface area (Å²) < 4.78 is 19.5. The van der Waals surface area contributed by atoms with Gasteiger partial charge in [0.25, 0.3) is 0 Å². The van der Waals surface area contributed by atoms with E-state index in [4.69, 9.17) is 29.4 Å². The number of benzene rings is 7. The molecule has 0 atom stereocenters. The molecule has 7 aromatic carbocycles. The average molecular weight is 1250 g/mol. The zero-order chi connectivity index (χ0) is 44.6. The standard InChI is InChI=1S/C58H35N7O2.2Pt/c1-36-57(38-14-4-3-5-15-38)37(2)62-58(61-36)65-53-34-41(66-39-22-26-45-43-16-6-8-18-49(43)63(51(45)32-39)55-20-10-12-30-59-55)24-28-47(53)48-29-25-42(35-54(48)65)67-40-23-27-46-44-17-7-9-19-50(44)64(52(46)33-40)56-21-11-13-31-60-56;;/h3-31H,1-2H3;;/q-4;2*+2. The second kappa shape index (κ2) is 17.7. The Morgan fingerprint density at radius 1 is 0.377 bits per heavy atom. The Kier molecular flexibility index (Phi) is 11.3. The van der Waals surface area contributed by atoms with E-state index >= 15 is 0 Å². The topological polar surface area (TPSA) is 84.8 Å². The van der Waals surface area contributed by atoms with E-state index in [-0.39, 0.29) is 42.1 Å². The summed E-state index contributed by atoms with van der Waals surface area (Å²) in [6.45, 7) is 4.05. The van der Waals surface area contributed by atoms with Crippen LogP contribution in [0.1, 0.15) is 11.4 Å². The first-order valence-electron chi connectivity index (χ1n) is 22.0. The molecule has 9 nitrogen and oxygen atoms in total. The van der Waals surface area contributed by atoms with Crippen LogP contribution in [-0.2, 0) is 42.1 Å². The second-order valence-corrected chi connectivity index (χ2v) is 16.4. The molecule has 0 N–H and O–H groups in total. The van der Waals surface area contributed by atoms with Crippen LogP contribution in [0.4, 0.5) is 0 Å². The van der Waals surface area contributed by atoms with Crippen LogP contribution in [0, 0.1) is 38.1 Å². The maximum Gasteiger partial charge on any atom is 2.00 e. The Morgan fingerprint density at radius 2 is 0.754 bits per heavy atom. The third-order valence-corrected chi connectivity index (χ3v) is 12.4. The minimum atomic E-state index is 0. The molecule has 0 fully saturated rings. The molecule has 13 rings (SSSR count). The van der Waals surface area contributed by atoms with E-state index in [2.05, 4.69) is 94.1 Å². The fraction of sp³-hybridized carbons (Fsp3) is 0.0345. The van der Waals surface area contributed by atoms with E-state index < -0.39 is 0 Å². The van der Waals surface area contributed by atoms with E-state index in [1.54, 1.807) is 12.4 Å². The molecule has 0 radical (unpaired) electrons. The van der Waals surface area contributed by atoms with Gasteiger partial charge in [0.05, 0.1) is 11.4 Å². The van der Waals surface area contributed by atoms with Gasteiger partial charge in [-0.3, -0.25) is 0 Å². The van der Waals surface area contributed by atoms with Crippen molar-refractivity contribution < 1.29 is 51.6 Å². The van der Waals surface area contributed by atoms with Crippen molar-refractivity contribution in [3.63, 3.8) is 0 Å². The van der Waals surface area contributed by atoms with E-state index in [1.165, 1.54) is 0 Å². The summed E-state index contributed by atoms with van der Waals surface area (Å²) in [5.74, 6) is 4.17. The molecule has 0 spiro atoms. The van der Waals surface area contributed by atoms with Crippen molar-refractivity contribution in [1.82, 2.24) is 33.6 Å². The van der Waals surface area contributed by atoms with Gasteiger partial charge in [-0.15, -0.1) is 59.3 Å². The number of para-hydroxylation sites is 2. The van der Waals surface area contributed by atoms with Crippen LogP contribution in [0.3, 0.4) is 0 Å². The second-order valence-electron chi connectivity index (χ2n) is 16.4. The van der Waals surface area contributed by atoms with Gasteiger partial charge in [-0.25, -0.2) is 19.9 Å². The maximum absolute atomic E-state index is 6.65. The first kappa shape index (κ1) is 43.8. The first-order valence-corrected chi connectivity index (χ1v) is 22.0. The maximum atomic E-state index is 6.65. The van der Waals surface area contributed by atoms with Gasteiger partial charge in [0.15, 0.2) is 0 Å². The predicted octanol–water partition coefficient (Wildman–Crippen LogP) is 13.6. The van der Waals surface area contributed by atoms with Crippen molar-refractivity contribution in [3.05, 3.63) is 212 Å². The summed E-state index contributed by atoms with van der Waals surface area (Å²) in [6, 6.07) is 69.1. The minimum absolute atomic E-state index is 0. The largest absolute Gasteiger partial charge is 2.00 e. The Balaban J connectivity index is 0.00000260. The fourth-order valence-corrected chi connectivity index (χ4v) is 9.52. The molecule has 0 saturated heterocycles. The quantitative estimate of drug-likeness (QED) is 0.141. The minimum Gasteiger partial charge on any atom is -0.509 e. The Hall–Kier alpha value is -7.70. The third kappa shape index (κ3) is 7.41. The Labute approximate surface area is 425 Å². The smallest absolute Gasteiger partial charge is 0.509 e. The van der Waals surface area contributed by atoms with Crippen LogP contribution < -0.4 is 9.47 Å². The van der Waals surface area contributed by atoms with Crippen molar-refractivity contribution in [2.24, 2.45) is 0 Å². The summed E-state index contributed by atoms with van der Waals surface area (Å²) in [7, 11) is 0. The molecular weight excluding hydrogens is 1220 g/mol. The summed E-state index contributed by atoms with van der Waals surface area (Å²) in [5.41, 5.74) is 9.00. The van der Waals surface area contributed by atoms with Gasteiger partial charge < -0.3 is 23.2 Å². The monoisotopic (exact) mass is 1250 g/mol. The van der Waals surface area contributed by atoms with Crippen LogP contribution >= 0.6 is 0 Å². The average Bonchev–Trinajstić information content (AvgIpc) is 3.99. The molecule has 69 heavy (non-hydrogen) atoms. The van der Waals surface area contributed by atoms with Crippen molar-refractivity contribution in [3.8, 4) is 51.7 Å². The number of hydrogen-bond acceptors (Lipinski definition) is 6. The number of ether oxygens (including phenoxy) is 2. The number of pyridine rings is 2. The predicted molar refractivity (Wildman–Crippen MR) is 264 cm³/mol. The SMILES string of the molecule is Cc1nc(-n2c3[c-]c(Oc4[c-]c5c(cc4)c4ccccc4n5-c4ccccn4)ccc3c3ccc(Oc4[c-]c5c(cc4)c4ccccc4n5-c4ccccn4)[c-]c32)nc(C)c1-c1ccccc1.[Pt+2].[Pt+2]. The van der Waals surface area contributed by atoms with E-state index in [1.807, 2.05) is 122 Å². The molecule has 0 aliphatic heterocycles. The van der Waals surface area contributed by atoms with Gasteiger partial charge in [0.2, 0.25) is 5.95 Å². The van der Waals surface area contributed by atoms with Crippen LogP contribution in [0.15, 0.2) is 176 Å². The molecule has 11 heteroatoms. The van der Waals surface area contributed by atoms with Crippen LogP contribution in [-0.4, -0.2) is 33.6 Å². The first-order chi connectivity index (χ1) is 33.0. The molecule has 13 aromatic rings. The van der Waals surface area contributed by atoms with Gasteiger partial charge in [0.1, 0.15) is 11.6 Å². The van der Waals surface area contributed by atoms with Crippen molar-refractivity contribution >= 4 is 65.4 Å². The molecule has 0 bridgehead atoms. The summed E-state index contributed by atoms with van der Waals surface area (Å²) in [6.07, 6.45) is 3.60. The zero-order valence-corrected chi connectivity index (χ0v) is 41.4. The third-order valence-electron chi connectivity index (χ3n) is 12.4. The van der Waals surface area contributed by atoms with Gasteiger partial charge in [-0.2, -0.15) is 35.0 Å². The summed E-state index contributed by atoms with van der Waals surface area (Å²) in [4.78, 5) is 19.7. The number of aryl methyl sites for hydroxylation is 2. The van der Waals surface area contributed by atoms with Gasteiger partial charge in [-0.05, 0) is 66.6 Å². The molecule has 6 heterocycles. The number of fused-ring (bicyclic) bond motifs is 9. The van der Waals surface area contributed by atoms with Crippen LogP contribution in [0.2, 0.25) is 0 Å². The summed E-state index contributed by atoms with van der Waals surface area (Å²) >= 11 is 0. The molecule has 0 amide bonds.